The maximum absolute atomic E-state index is 10.8. The van der Waals surface area contributed by atoms with Gasteiger partial charge in [0.05, 0.1) is 0 Å². The van der Waals surface area contributed by atoms with Crippen LogP contribution in [0.3, 0.4) is 0 Å². The number of carbonyl (C=O) groups is 1. The highest BCUT2D eigenvalue weighted by Gasteiger charge is 2.08. The van der Waals surface area contributed by atoms with Crippen molar-refractivity contribution in [2.45, 2.75) is 32.4 Å². The Bertz CT molecular complexity index is 551. The Balaban J connectivity index is 1.74. The highest BCUT2D eigenvalue weighted by atomic mass is 32.1. The number of carboxylic acids is 1. The van der Waals surface area contributed by atoms with Crippen LogP contribution in [-0.4, -0.2) is 17.1 Å². The average molecular weight is 289 g/mol. The molecule has 2 aromatic rings. The van der Waals surface area contributed by atoms with Crippen molar-refractivity contribution in [2.75, 3.05) is 0 Å². The predicted octanol–water partition coefficient (Wildman–Crippen LogP) is 3.56. The molecule has 0 fully saturated rings. The molecule has 1 aromatic carbocycles. The van der Waals surface area contributed by atoms with E-state index in [4.69, 9.17) is 5.11 Å². The number of benzene rings is 1. The molecule has 2 N–H and O–H groups in total. The van der Waals surface area contributed by atoms with E-state index in [1.807, 2.05) is 12.1 Å². The van der Waals surface area contributed by atoms with Crippen LogP contribution in [0.5, 0.6) is 0 Å². The van der Waals surface area contributed by atoms with Crippen molar-refractivity contribution in [3.63, 3.8) is 0 Å². The van der Waals surface area contributed by atoms with Crippen LogP contribution in [0.4, 0.5) is 0 Å². The third kappa shape index (κ3) is 4.47. The highest BCUT2D eigenvalue weighted by Crippen LogP contribution is 2.16. The SMILES string of the molecule is C[C@H](CCc1ccccc1)NCc1ccc(C(=O)O)s1. The van der Waals surface area contributed by atoms with Crippen molar-refractivity contribution in [3.8, 4) is 0 Å². The molecular formula is C16H19NO2S. The number of thiophene rings is 1. The summed E-state index contributed by atoms with van der Waals surface area (Å²) in [6, 6.07) is 14.4. The van der Waals surface area contributed by atoms with Gasteiger partial charge in [-0.2, -0.15) is 0 Å². The second-order valence-corrected chi connectivity index (χ2v) is 6.05. The summed E-state index contributed by atoms with van der Waals surface area (Å²) in [6.45, 7) is 2.89. The Morgan fingerprint density at radius 1 is 1.25 bits per heavy atom. The lowest BCUT2D eigenvalue weighted by Gasteiger charge is -2.12. The Morgan fingerprint density at radius 2 is 2.00 bits per heavy atom. The molecule has 3 nitrogen and oxygen atoms in total. The molecule has 1 atom stereocenters. The topological polar surface area (TPSA) is 49.3 Å². The summed E-state index contributed by atoms with van der Waals surface area (Å²) < 4.78 is 0. The second-order valence-electron chi connectivity index (χ2n) is 4.88. The summed E-state index contributed by atoms with van der Waals surface area (Å²) >= 11 is 1.34. The average Bonchev–Trinajstić information content (AvgIpc) is 2.93. The minimum absolute atomic E-state index is 0.402. The summed E-state index contributed by atoms with van der Waals surface area (Å²) in [5.41, 5.74) is 1.35. The molecule has 0 spiro atoms. The standard InChI is InChI=1S/C16H19NO2S/c1-12(7-8-13-5-3-2-4-6-13)17-11-14-9-10-15(20-14)16(18)19/h2-6,9-10,12,17H,7-8,11H2,1H3,(H,18,19)/t12-/m1/s1. The van der Waals surface area contributed by atoms with Crippen molar-refractivity contribution in [1.29, 1.82) is 0 Å². The van der Waals surface area contributed by atoms with E-state index < -0.39 is 5.97 Å². The first-order chi connectivity index (χ1) is 9.65. The van der Waals surface area contributed by atoms with Gasteiger partial charge < -0.3 is 10.4 Å². The molecule has 0 amide bonds. The molecule has 106 valence electrons. The minimum Gasteiger partial charge on any atom is -0.477 e. The van der Waals surface area contributed by atoms with Crippen molar-refractivity contribution in [2.24, 2.45) is 0 Å². The van der Waals surface area contributed by atoms with Gasteiger partial charge in [0.1, 0.15) is 4.88 Å². The molecule has 0 radical (unpaired) electrons. The Kier molecular flexibility index (Phi) is 5.32. The fraction of sp³-hybridized carbons (Fsp3) is 0.312. The fourth-order valence-electron chi connectivity index (χ4n) is 1.99. The van der Waals surface area contributed by atoms with Crippen molar-refractivity contribution in [1.82, 2.24) is 5.32 Å². The van der Waals surface area contributed by atoms with Crippen LogP contribution >= 0.6 is 11.3 Å². The number of hydrogen-bond donors (Lipinski definition) is 2. The molecule has 0 aliphatic rings. The normalized spacial score (nSPS) is 12.2. The summed E-state index contributed by atoms with van der Waals surface area (Å²) in [6.07, 6.45) is 2.13. The Labute approximate surface area is 123 Å². The summed E-state index contributed by atoms with van der Waals surface area (Å²) in [4.78, 5) is 12.3. The van der Waals surface area contributed by atoms with Gasteiger partial charge in [0.15, 0.2) is 0 Å². The van der Waals surface area contributed by atoms with Crippen LogP contribution < -0.4 is 5.32 Å². The maximum atomic E-state index is 10.8. The van der Waals surface area contributed by atoms with Gasteiger partial charge in [-0.3, -0.25) is 0 Å². The van der Waals surface area contributed by atoms with Gasteiger partial charge in [0.2, 0.25) is 0 Å². The van der Waals surface area contributed by atoms with Crippen LogP contribution in [0.1, 0.15) is 33.5 Å². The largest absolute Gasteiger partial charge is 0.477 e. The number of carboxylic acid groups (broad SMARTS) is 1. The van der Waals surface area contributed by atoms with E-state index in [0.717, 1.165) is 24.3 Å². The molecule has 20 heavy (non-hydrogen) atoms. The minimum atomic E-state index is -0.849. The number of hydrogen-bond acceptors (Lipinski definition) is 3. The zero-order chi connectivity index (χ0) is 14.4. The Hall–Kier alpha value is -1.65. The molecule has 2 rings (SSSR count). The van der Waals surface area contributed by atoms with Crippen LogP contribution in [0.2, 0.25) is 0 Å². The van der Waals surface area contributed by atoms with Crippen molar-refractivity contribution in [3.05, 3.63) is 57.8 Å². The van der Waals surface area contributed by atoms with Gasteiger partial charge in [0, 0.05) is 17.5 Å². The van der Waals surface area contributed by atoms with Crippen LogP contribution in [0.25, 0.3) is 0 Å². The lowest BCUT2D eigenvalue weighted by Crippen LogP contribution is -2.25. The summed E-state index contributed by atoms with van der Waals surface area (Å²) in [5.74, 6) is -0.849. The van der Waals surface area contributed by atoms with E-state index in [2.05, 4.69) is 36.5 Å². The molecule has 0 unspecified atom stereocenters. The smallest absolute Gasteiger partial charge is 0.345 e. The van der Waals surface area contributed by atoms with Gasteiger partial charge in [-0.1, -0.05) is 30.3 Å². The van der Waals surface area contributed by atoms with E-state index >= 15 is 0 Å². The number of rotatable bonds is 7. The highest BCUT2D eigenvalue weighted by molar-refractivity contribution is 7.13. The van der Waals surface area contributed by atoms with Gasteiger partial charge in [-0.25, -0.2) is 4.79 Å². The molecule has 1 heterocycles. The van der Waals surface area contributed by atoms with Crippen LogP contribution in [-0.2, 0) is 13.0 Å². The van der Waals surface area contributed by atoms with Gasteiger partial charge in [0.25, 0.3) is 0 Å². The molecular weight excluding hydrogens is 270 g/mol. The number of aryl methyl sites for hydroxylation is 1. The zero-order valence-corrected chi connectivity index (χ0v) is 12.3. The number of aromatic carboxylic acids is 1. The summed E-state index contributed by atoms with van der Waals surface area (Å²) in [5, 5.41) is 12.3. The zero-order valence-electron chi connectivity index (χ0n) is 11.5. The van der Waals surface area contributed by atoms with E-state index in [0.29, 0.717) is 10.9 Å². The quantitative estimate of drug-likeness (QED) is 0.819. The first-order valence-corrected chi connectivity index (χ1v) is 7.56. The lowest BCUT2D eigenvalue weighted by atomic mass is 10.1. The second kappa shape index (κ2) is 7.22. The maximum Gasteiger partial charge on any atom is 0.345 e. The Morgan fingerprint density at radius 3 is 2.65 bits per heavy atom. The molecule has 0 saturated heterocycles. The molecule has 4 heteroatoms. The van der Waals surface area contributed by atoms with E-state index in [9.17, 15) is 4.79 Å². The van der Waals surface area contributed by atoms with E-state index in [1.165, 1.54) is 16.9 Å². The lowest BCUT2D eigenvalue weighted by molar-refractivity contribution is 0.0702. The van der Waals surface area contributed by atoms with E-state index in [-0.39, 0.29) is 0 Å². The monoisotopic (exact) mass is 289 g/mol. The van der Waals surface area contributed by atoms with Crippen molar-refractivity contribution >= 4 is 17.3 Å². The van der Waals surface area contributed by atoms with Crippen LogP contribution in [0.15, 0.2) is 42.5 Å². The fourth-order valence-corrected chi connectivity index (χ4v) is 2.79. The van der Waals surface area contributed by atoms with Gasteiger partial charge in [-0.15, -0.1) is 11.3 Å². The molecule has 0 saturated carbocycles. The first-order valence-electron chi connectivity index (χ1n) is 6.74. The first kappa shape index (κ1) is 14.8. The van der Waals surface area contributed by atoms with Crippen LogP contribution in [0, 0.1) is 0 Å². The molecule has 0 bridgehead atoms. The van der Waals surface area contributed by atoms with E-state index in [1.54, 1.807) is 6.07 Å². The summed E-state index contributed by atoms with van der Waals surface area (Å²) in [7, 11) is 0. The molecule has 0 aliphatic carbocycles. The van der Waals surface area contributed by atoms with Gasteiger partial charge in [-0.05, 0) is 37.5 Å². The molecule has 0 aliphatic heterocycles. The third-order valence-electron chi connectivity index (χ3n) is 3.21. The van der Waals surface area contributed by atoms with Crippen molar-refractivity contribution < 1.29 is 9.90 Å². The van der Waals surface area contributed by atoms with Gasteiger partial charge >= 0.3 is 5.97 Å². The predicted molar refractivity (Wildman–Crippen MR) is 82.3 cm³/mol. The number of nitrogens with one attached hydrogen (secondary N) is 1. The molecule has 1 aromatic heterocycles. The third-order valence-corrected chi connectivity index (χ3v) is 4.28.